The normalized spacial score (nSPS) is 16.1. The summed E-state index contributed by atoms with van der Waals surface area (Å²) in [5.41, 5.74) is 0.778. The Morgan fingerprint density at radius 1 is 1.16 bits per heavy atom. The molecule has 2 aromatic rings. The van der Waals surface area contributed by atoms with E-state index in [1.807, 2.05) is 0 Å². The van der Waals surface area contributed by atoms with E-state index in [1.54, 1.807) is 12.1 Å². The summed E-state index contributed by atoms with van der Waals surface area (Å²) in [5.74, 6) is 1.30. The fourth-order valence-corrected chi connectivity index (χ4v) is 2.19. The predicted molar refractivity (Wildman–Crippen MR) is 71.8 cm³/mol. The molecule has 1 aromatic heterocycles. The smallest absolute Gasteiger partial charge is 0.230 e. The molecule has 102 valence electrons. The molecule has 1 aliphatic heterocycles. The molecule has 0 aliphatic carbocycles. The Morgan fingerprint density at radius 2 is 1.84 bits per heavy atom. The van der Waals surface area contributed by atoms with Crippen molar-refractivity contribution in [3.8, 4) is 11.4 Å². The fraction of sp³-hybridized carbons (Fsp3) is 0.385. The number of hydrogen-bond donors (Lipinski definition) is 1. The van der Waals surface area contributed by atoms with Crippen molar-refractivity contribution in [3.05, 3.63) is 36.0 Å². The maximum atomic E-state index is 12.8. The van der Waals surface area contributed by atoms with E-state index < -0.39 is 0 Å². The molecule has 0 radical (unpaired) electrons. The van der Waals surface area contributed by atoms with Crippen LogP contribution in [0.4, 0.5) is 4.39 Å². The van der Waals surface area contributed by atoms with Gasteiger partial charge in [0.15, 0.2) is 0 Å². The van der Waals surface area contributed by atoms with Crippen molar-refractivity contribution in [3.63, 3.8) is 0 Å². The van der Waals surface area contributed by atoms with Gasteiger partial charge in [-0.05, 0) is 50.2 Å². The van der Waals surface area contributed by atoms with E-state index in [0.717, 1.165) is 31.5 Å². The molecule has 1 saturated heterocycles. The summed E-state index contributed by atoms with van der Waals surface area (Å²) >= 11 is 0. The molecule has 2 heterocycles. The highest BCUT2D eigenvalue weighted by atomic mass is 35.5. The average molecular weight is 284 g/mol. The first-order valence-electron chi connectivity index (χ1n) is 6.13. The maximum Gasteiger partial charge on any atom is 0.230 e. The summed E-state index contributed by atoms with van der Waals surface area (Å²) in [6.45, 7) is 1.97. The van der Waals surface area contributed by atoms with Gasteiger partial charge in [0.25, 0.3) is 0 Å². The molecular formula is C13H15ClFN3O. The standard InChI is InChI=1S/C13H14FN3O.ClH/c14-11-3-1-9(2-4-11)12-16-13(18-17-12)10-5-7-15-8-6-10;/h1-4,10,15H,5-8H2;1H. The quantitative estimate of drug-likeness (QED) is 0.921. The molecule has 0 unspecified atom stereocenters. The van der Waals surface area contributed by atoms with E-state index in [4.69, 9.17) is 4.52 Å². The van der Waals surface area contributed by atoms with Gasteiger partial charge < -0.3 is 9.84 Å². The van der Waals surface area contributed by atoms with Crippen LogP contribution in [0.1, 0.15) is 24.7 Å². The van der Waals surface area contributed by atoms with Crippen LogP contribution >= 0.6 is 12.4 Å². The highest BCUT2D eigenvalue weighted by molar-refractivity contribution is 5.85. The van der Waals surface area contributed by atoms with Crippen LogP contribution in [-0.4, -0.2) is 23.2 Å². The molecule has 1 N–H and O–H groups in total. The van der Waals surface area contributed by atoms with Crippen molar-refractivity contribution in [1.29, 1.82) is 0 Å². The van der Waals surface area contributed by atoms with Crippen molar-refractivity contribution in [2.24, 2.45) is 0 Å². The van der Waals surface area contributed by atoms with Crippen LogP contribution in [0.25, 0.3) is 11.4 Å². The third-order valence-corrected chi connectivity index (χ3v) is 3.23. The number of piperidine rings is 1. The molecular weight excluding hydrogens is 269 g/mol. The molecule has 0 spiro atoms. The highest BCUT2D eigenvalue weighted by Crippen LogP contribution is 2.25. The minimum Gasteiger partial charge on any atom is -0.339 e. The molecule has 0 saturated carbocycles. The van der Waals surface area contributed by atoms with Gasteiger partial charge in [-0.15, -0.1) is 12.4 Å². The third kappa shape index (κ3) is 3.11. The molecule has 1 aromatic carbocycles. The van der Waals surface area contributed by atoms with Gasteiger partial charge in [0.2, 0.25) is 11.7 Å². The van der Waals surface area contributed by atoms with E-state index in [0.29, 0.717) is 17.6 Å². The summed E-state index contributed by atoms with van der Waals surface area (Å²) in [7, 11) is 0. The van der Waals surface area contributed by atoms with Crippen molar-refractivity contribution in [1.82, 2.24) is 15.5 Å². The van der Waals surface area contributed by atoms with Crippen LogP contribution in [-0.2, 0) is 0 Å². The van der Waals surface area contributed by atoms with Crippen LogP contribution in [0.3, 0.4) is 0 Å². The van der Waals surface area contributed by atoms with Gasteiger partial charge in [-0.1, -0.05) is 5.16 Å². The zero-order valence-corrected chi connectivity index (χ0v) is 11.1. The van der Waals surface area contributed by atoms with Gasteiger partial charge >= 0.3 is 0 Å². The van der Waals surface area contributed by atoms with Crippen LogP contribution < -0.4 is 5.32 Å². The van der Waals surface area contributed by atoms with Gasteiger partial charge in [-0.3, -0.25) is 0 Å². The highest BCUT2D eigenvalue weighted by Gasteiger charge is 2.21. The van der Waals surface area contributed by atoms with E-state index in [1.165, 1.54) is 12.1 Å². The van der Waals surface area contributed by atoms with Crippen LogP contribution in [0.5, 0.6) is 0 Å². The Morgan fingerprint density at radius 3 is 2.53 bits per heavy atom. The van der Waals surface area contributed by atoms with E-state index in [-0.39, 0.29) is 18.2 Å². The Hall–Kier alpha value is -1.46. The molecule has 1 aliphatic rings. The summed E-state index contributed by atoms with van der Waals surface area (Å²) < 4.78 is 18.1. The van der Waals surface area contributed by atoms with Gasteiger partial charge in [-0.25, -0.2) is 4.39 Å². The Kier molecular flexibility index (Phi) is 4.50. The largest absolute Gasteiger partial charge is 0.339 e. The van der Waals surface area contributed by atoms with Gasteiger partial charge in [0.05, 0.1) is 0 Å². The van der Waals surface area contributed by atoms with Crippen molar-refractivity contribution < 1.29 is 8.91 Å². The number of hydrogen-bond acceptors (Lipinski definition) is 4. The molecule has 0 atom stereocenters. The SMILES string of the molecule is Cl.Fc1ccc(-c2noc(C3CCNCC3)n2)cc1. The minimum atomic E-state index is -0.263. The first-order valence-corrected chi connectivity index (χ1v) is 6.13. The molecule has 4 nitrogen and oxygen atoms in total. The van der Waals surface area contributed by atoms with E-state index >= 15 is 0 Å². The summed E-state index contributed by atoms with van der Waals surface area (Å²) in [4.78, 5) is 4.41. The second-order valence-electron chi connectivity index (χ2n) is 4.49. The molecule has 1 fully saturated rings. The molecule has 19 heavy (non-hydrogen) atoms. The molecule has 0 amide bonds. The Balaban J connectivity index is 0.00000133. The second kappa shape index (κ2) is 6.12. The second-order valence-corrected chi connectivity index (χ2v) is 4.49. The lowest BCUT2D eigenvalue weighted by Crippen LogP contribution is -2.26. The first-order chi connectivity index (χ1) is 8.83. The zero-order chi connectivity index (χ0) is 12.4. The summed E-state index contributed by atoms with van der Waals surface area (Å²) in [6, 6.07) is 6.12. The molecule has 3 rings (SSSR count). The lowest BCUT2D eigenvalue weighted by atomic mass is 9.98. The van der Waals surface area contributed by atoms with Gasteiger partial charge in [-0.2, -0.15) is 4.98 Å². The summed E-state index contributed by atoms with van der Waals surface area (Å²) in [6.07, 6.45) is 2.04. The minimum absolute atomic E-state index is 0. The van der Waals surface area contributed by atoms with Crippen LogP contribution in [0, 0.1) is 5.82 Å². The van der Waals surface area contributed by atoms with Crippen molar-refractivity contribution in [2.75, 3.05) is 13.1 Å². The number of rotatable bonds is 2. The monoisotopic (exact) mass is 283 g/mol. The third-order valence-electron chi connectivity index (χ3n) is 3.23. The zero-order valence-electron chi connectivity index (χ0n) is 10.3. The van der Waals surface area contributed by atoms with E-state index in [9.17, 15) is 4.39 Å². The number of aromatic nitrogens is 2. The first kappa shape index (κ1) is 14.0. The predicted octanol–water partition coefficient (Wildman–Crippen LogP) is 2.76. The Bertz CT molecular complexity index is 523. The van der Waals surface area contributed by atoms with Gasteiger partial charge in [0.1, 0.15) is 5.82 Å². The Labute approximate surface area is 116 Å². The fourth-order valence-electron chi connectivity index (χ4n) is 2.19. The summed E-state index contributed by atoms with van der Waals surface area (Å²) in [5, 5.41) is 7.26. The van der Waals surface area contributed by atoms with Crippen molar-refractivity contribution >= 4 is 12.4 Å². The average Bonchev–Trinajstić information content (AvgIpc) is 2.90. The number of benzene rings is 1. The molecule has 6 heteroatoms. The maximum absolute atomic E-state index is 12.8. The van der Waals surface area contributed by atoms with Crippen LogP contribution in [0.15, 0.2) is 28.8 Å². The lowest BCUT2D eigenvalue weighted by Gasteiger charge is -2.18. The number of nitrogens with one attached hydrogen (secondary N) is 1. The van der Waals surface area contributed by atoms with Crippen molar-refractivity contribution in [2.45, 2.75) is 18.8 Å². The van der Waals surface area contributed by atoms with Crippen LogP contribution in [0.2, 0.25) is 0 Å². The number of halogens is 2. The lowest BCUT2D eigenvalue weighted by molar-refractivity contribution is 0.320. The molecule has 0 bridgehead atoms. The number of nitrogens with zero attached hydrogens (tertiary/aromatic N) is 2. The van der Waals surface area contributed by atoms with E-state index in [2.05, 4.69) is 15.5 Å². The van der Waals surface area contributed by atoms with Gasteiger partial charge in [0, 0.05) is 11.5 Å². The topological polar surface area (TPSA) is 51.0 Å².